The Kier molecular flexibility index (Phi) is 4.00. The number of rotatable bonds is 3. The minimum atomic E-state index is 0.467. The maximum atomic E-state index is 5.07. The van der Waals surface area contributed by atoms with Crippen molar-refractivity contribution >= 4 is 23.5 Å². The van der Waals surface area contributed by atoms with E-state index in [0.717, 1.165) is 12.8 Å². The van der Waals surface area contributed by atoms with E-state index in [1.165, 1.54) is 5.56 Å². The van der Waals surface area contributed by atoms with Gasteiger partial charge in [-0.1, -0.05) is 25.2 Å². The van der Waals surface area contributed by atoms with Crippen LogP contribution < -0.4 is 11.2 Å². The summed E-state index contributed by atoms with van der Waals surface area (Å²) in [4.78, 5) is 4.65. The molecule has 1 aromatic rings. The van der Waals surface area contributed by atoms with Gasteiger partial charge < -0.3 is 5.73 Å². The smallest absolute Gasteiger partial charge is 0.145 e. The van der Waals surface area contributed by atoms with Crippen LogP contribution in [0.25, 0.3) is 0 Å². The van der Waals surface area contributed by atoms with E-state index in [-0.39, 0.29) is 0 Å². The van der Waals surface area contributed by atoms with Crippen molar-refractivity contribution in [3.63, 3.8) is 0 Å². The summed E-state index contributed by atoms with van der Waals surface area (Å²) >= 11 is 5.02. The first-order valence-electron chi connectivity index (χ1n) is 4.26. The van der Waals surface area contributed by atoms with Crippen LogP contribution in [0.3, 0.4) is 0 Å². The molecule has 0 saturated heterocycles. The Hall–Kier alpha value is -1.49. The number of thiocarbonyl (C=S) groups is 1. The van der Waals surface area contributed by atoms with Crippen molar-refractivity contribution in [2.45, 2.75) is 13.3 Å². The van der Waals surface area contributed by atoms with E-state index >= 15 is 0 Å². The van der Waals surface area contributed by atoms with E-state index in [9.17, 15) is 0 Å². The van der Waals surface area contributed by atoms with Crippen LogP contribution >= 0.6 is 12.2 Å². The second kappa shape index (κ2) is 5.29. The topological polar surface area (TPSA) is 63.3 Å². The number of pyridine rings is 1. The first-order chi connectivity index (χ1) is 6.77. The third-order valence-electron chi connectivity index (χ3n) is 1.71. The SMILES string of the molecule is CCc1ccc(C(=S)N/N=C/N)nc1. The summed E-state index contributed by atoms with van der Waals surface area (Å²) in [5.41, 5.74) is 9.54. The molecule has 1 rings (SSSR count). The number of aromatic nitrogens is 1. The van der Waals surface area contributed by atoms with Gasteiger partial charge in [0.05, 0.1) is 5.69 Å². The van der Waals surface area contributed by atoms with Gasteiger partial charge in [-0.05, 0) is 18.1 Å². The quantitative estimate of drug-likeness (QED) is 0.334. The molecule has 0 radical (unpaired) electrons. The molecular formula is C9H12N4S. The van der Waals surface area contributed by atoms with Crippen molar-refractivity contribution in [1.29, 1.82) is 0 Å². The summed E-state index contributed by atoms with van der Waals surface area (Å²) in [6.45, 7) is 2.08. The fourth-order valence-corrected chi connectivity index (χ4v) is 1.09. The zero-order valence-corrected chi connectivity index (χ0v) is 8.71. The Morgan fingerprint density at radius 2 is 2.50 bits per heavy atom. The van der Waals surface area contributed by atoms with E-state index in [1.54, 1.807) is 6.20 Å². The van der Waals surface area contributed by atoms with Gasteiger partial charge in [0.25, 0.3) is 0 Å². The average Bonchev–Trinajstić information content (AvgIpc) is 2.26. The molecule has 0 atom stereocenters. The zero-order chi connectivity index (χ0) is 10.4. The van der Waals surface area contributed by atoms with Crippen molar-refractivity contribution in [1.82, 2.24) is 10.4 Å². The van der Waals surface area contributed by atoms with E-state index in [0.29, 0.717) is 10.7 Å². The van der Waals surface area contributed by atoms with Crippen LogP contribution in [0.15, 0.2) is 23.4 Å². The van der Waals surface area contributed by atoms with Gasteiger partial charge in [-0.3, -0.25) is 10.4 Å². The van der Waals surface area contributed by atoms with Crippen LogP contribution in [0.1, 0.15) is 18.2 Å². The molecule has 1 heterocycles. The van der Waals surface area contributed by atoms with Gasteiger partial charge in [-0.25, -0.2) is 0 Å². The molecule has 0 aliphatic heterocycles. The predicted molar refractivity (Wildman–Crippen MR) is 61.1 cm³/mol. The highest BCUT2D eigenvalue weighted by molar-refractivity contribution is 7.80. The molecule has 0 bridgehead atoms. The van der Waals surface area contributed by atoms with E-state index in [4.69, 9.17) is 18.0 Å². The Bertz CT molecular complexity index is 331. The van der Waals surface area contributed by atoms with Gasteiger partial charge >= 0.3 is 0 Å². The summed E-state index contributed by atoms with van der Waals surface area (Å²) in [5.74, 6) is 0. The number of hydrogen-bond donors (Lipinski definition) is 2. The van der Waals surface area contributed by atoms with Crippen LogP contribution in [-0.4, -0.2) is 16.3 Å². The van der Waals surface area contributed by atoms with E-state index in [1.807, 2.05) is 12.1 Å². The maximum absolute atomic E-state index is 5.07. The molecule has 5 heteroatoms. The van der Waals surface area contributed by atoms with Gasteiger partial charge in [0.2, 0.25) is 0 Å². The standard InChI is InChI=1S/C9H12N4S/c1-2-7-3-4-8(11-5-7)9(14)13-12-6-10/h3-6H,2H2,1H3,(H2,10,12)(H,13,14). The third-order valence-corrected chi connectivity index (χ3v) is 2.01. The summed E-state index contributed by atoms with van der Waals surface area (Å²) in [7, 11) is 0. The first-order valence-corrected chi connectivity index (χ1v) is 4.67. The monoisotopic (exact) mass is 208 g/mol. The summed E-state index contributed by atoms with van der Waals surface area (Å²) in [5, 5.41) is 3.61. The first kappa shape index (κ1) is 10.6. The molecule has 0 aliphatic rings. The van der Waals surface area contributed by atoms with Crippen molar-refractivity contribution in [2.24, 2.45) is 10.8 Å². The Morgan fingerprint density at radius 1 is 1.71 bits per heavy atom. The maximum Gasteiger partial charge on any atom is 0.145 e. The molecule has 0 aromatic carbocycles. The number of nitrogens with two attached hydrogens (primary N) is 1. The molecular weight excluding hydrogens is 196 g/mol. The molecule has 0 saturated carbocycles. The van der Waals surface area contributed by atoms with Crippen LogP contribution in [0.4, 0.5) is 0 Å². The number of nitrogens with one attached hydrogen (secondary N) is 1. The minimum absolute atomic E-state index is 0.467. The van der Waals surface area contributed by atoms with E-state index < -0.39 is 0 Å². The summed E-state index contributed by atoms with van der Waals surface area (Å²) < 4.78 is 0. The van der Waals surface area contributed by atoms with Gasteiger partial charge in [0.15, 0.2) is 0 Å². The molecule has 0 amide bonds. The van der Waals surface area contributed by atoms with Crippen LogP contribution in [0, 0.1) is 0 Å². The fraction of sp³-hybridized carbons (Fsp3) is 0.222. The molecule has 3 N–H and O–H groups in total. The Morgan fingerprint density at radius 3 is 3.00 bits per heavy atom. The number of hydrogen-bond acceptors (Lipinski definition) is 3. The van der Waals surface area contributed by atoms with Gasteiger partial charge in [-0.2, -0.15) is 5.10 Å². The van der Waals surface area contributed by atoms with Crippen molar-refractivity contribution < 1.29 is 0 Å². The Labute approximate surface area is 88.2 Å². The molecule has 4 nitrogen and oxygen atoms in total. The highest BCUT2D eigenvalue weighted by Gasteiger charge is 2.00. The average molecular weight is 208 g/mol. The predicted octanol–water partition coefficient (Wildman–Crippen LogP) is 0.811. The number of nitrogens with zero attached hydrogens (tertiary/aromatic N) is 2. The molecule has 1 aromatic heterocycles. The highest BCUT2D eigenvalue weighted by Crippen LogP contribution is 2.01. The van der Waals surface area contributed by atoms with E-state index in [2.05, 4.69) is 22.4 Å². The largest absolute Gasteiger partial charge is 0.388 e. The normalized spacial score (nSPS) is 10.4. The molecule has 0 spiro atoms. The van der Waals surface area contributed by atoms with Crippen LogP contribution in [0.5, 0.6) is 0 Å². The summed E-state index contributed by atoms with van der Waals surface area (Å²) in [6.07, 6.45) is 3.91. The fourth-order valence-electron chi connectivity index (χ4n) is 0.921. The number of hydrazone groups is 1. The second-order valence-corrected chi connectivity index (χ2v) is 3.03. The van der Waals surface area contributed by atoms with Crippen LogP contribution in [0.2, 0.25) is 0 Å². The Balaban J connectivity index is 2.71. The second-order valence-electron chi connectivity index (χ2n) is 2.62. The lowest BCUT2D eigenvalue weighted by atomic mass is 10.2. The molecule has 0 aliphatic carbocycles. The van der Waals surface area contributed by atoms with Gasteiger partial charge in [0, 0.05) is 6.20 Å². The summed E-state index contributed by atoms with van der Waals surface area (Å²) in [6, 6.07) is 3.85. The van der Waals surface area contributed by atoms with Crippen molar-refractivity contribution in [2.75, 3.05) is 0 Å². The zero-order valence-electron chi connectivity index (χ0n) is 7.90. The third kappa shape index (κ3) is 2.77. The molecule has 0 unspecified atom stereocenters. The molecule has 0 fully saturated rings. The molecule has 14 heavy (non-hydrogen) atoms. The van der Waals surface area contributed by atoms with Gasteiger partial charge in [-0.15, -0.1) is 0 Å². The van der Waals surface area contributed by atoms with Crippen molar-refractivity contribution in [3.05, 3.63) is 29.6 Å². The van der Waals surface area contributed by atoms with Gasteiger partial charge in [0.1, 0.15) is 11.3 Å². The lowest BCUT2D eigenvalue weighted by Gasteiger charge is -2.02. The number of aryl methyl sites for hydroxylation is 1. The van der Waals surface area contributed by atoms with Crippen molar-refractivity contribution in [3.8, 4) is 0 Å². The highest BCUT2D eigenvalue weighted by atomic mass is 32.1. The van der Waals surface area contributed by atoms with Crippen LogP contribution in [-0.2, 0) is 6.42 Å². The molecule has 74 valence electrons. The lowest BCUT2D eigenvalue weighted by Crippen LogP contribution is -2.18. The minimum Gasteiger partial charge on any atom is -0.388 e. The lowest BCUT2D eigenvalue weighted by molar-refractivity contribution is 1.03.